The average molecular weight is 480 g/mol. The molecule has 1 heterocycles. The van der Waals surface area contributed by atoms with E-state index in [0.717, 1.165) is 15.8 Å². The Morgan fingerprint density at radius 3 is 2.33 bits per heavy atom. The summed E-state index contributed by atoms with van der Waals surface area (Å²) in [4.78, 5) is 18.0. The van der Waals surface area contributed by atoms with Gasteiger partial charge in [-0.15, -0.1) is 0 Å². The summed E-state index contributed by atoms with van der Waals surface area (Å²) in [6.07, 6.45) is 0. The first-order valence-corrected chi connectivity index (χ1v) is 12.8. The number of fused-ring (bicyclic) bond motifs is 1. The first-order chi connectivity index (χ1) is 15.7. The maximum Gasteiger partial charge on any atom is 0.279 e. The van der Waals surface area contributed by atoms with Crippen molar-refractivity contribution in [3.63, 3.8) is 0 Å². The van der Waals surface area contributed by atoms with Gasteiger partial charge in [-0.2, -0.15) is 4.99 Å². The lowest BCUT2D eigenvalue weighted by molar-refractivity contribution is 0.0997. The number of thiazole rings is 1. The molecule has 0 atom stereocenters. The molecule has 6 nitrogen and oxygen atoms in total. The molecule has 0 radical (unpaired) electrons. The lowest BCUT2D eigenvalue weighted by atomic mass is 10.1. The fraction of sp³-hybridized carbons (Fsp3) is 0.200. The minimum atomic E-state index is -3.74. The molecule has 0 aliphatic heterocycles. The zero-order valence-corrected chi connectivity index (χ0v) is 20.6. The maximum atomic E-state index is 13.0. The molecule has 33 heavy (non-hydrogen) atoms. The van der Waals surface area contributed by atoms with E-state index in [2.05, 4.69) is 31.0 Å². The number of anilines is 1. The van der Waals surface area contributed by atoms with Crippen LogP contribution in [0.15, 0.2) is 76.6 Å². The van der Waals surface area contributed by atoms with Crippen molar-refractivity contribution in [3.05, 3.63) is 88.2 Å². The minimum absolute atomic E-state index is 0.113. The number of hydrogen-bond acceptors (Lipinski definition) is 4. The highest BCUT2D eigenvalue weighted by Crippen LogP contribution is 2.24. The van der Waals surface area contributed by atoms with Crippen LogP contribution in [0.25, 0.3) is 10.2 Å². The van der Waals surface area contributed by atoms with Crippen LogP contribution < -0.4 is 9.11 Å². The van der Waals surface area contributed by atoms with Crippen molar-refractivity contribution < 1.29 is 13.2 Å². The Bertz CT molecular complexity index is 1500. The number of amides is 1. The SMILES string of the molecule is CCn1c(=NC(=O)c2ccc(S(=O)(=O)N(C)c3ccccc3)cc2)sc2cc(C)cc(C)c21. The fourth-order valence-corrected chi connectivity index (χ4v) is 6.29. The topological polar surface area (TPSA) is 71.7 Å². The zero-order valence-electron chi connectivity index (χ0n) is 18.9. The molecule has 0 aliphatic rings. The van der Waals surface area contributed by atoms with Crippen molar-refractivity contribution in [3.8, 4) is 0 Å². The Labute approximate surface area is 197 Å². The van der Waals surface area contributed by atoms with Crippen molar-refractivity contribution in [1.29, 1.82) is 0 Å². The van der Waals surface area contributed by atoms with Crippen LogP contribution in [0.1, 0.15) is 28.4 Å². The number of hydrogen-bond donors (Lipinski definition) is 0. The first kappa shape index (κ1) is 22.9. The number of para-hydroxylation sites is 1. The molecule has 1 amide bonds. The molecule has 0 unspecified atom stereocenters. The third-order valence-corrected chi connectivity index (χ3v) is 8.33. The van der Waals surface area contributed by atoms with Gasteiger partial charge in [-0.05, 0) is 74.4 Å². The van der Waals surface area contributed by atoms with Gasteiger partial charge in [-0.25, -0.2) is 8.42 Å². The molecular weight excluding hydrogens is 454 g/mol. The Morgan fingerprint density at radius 2 is 1.70 bits per heavy atom. The molecule has 4 rings (SSSR count). The van der Waals surface area contributed by atoms with Crippen LogP contribution in [0.5, 0.6) is 0 Å². The third-order valence-electron chi connectivity index (χ3n) is 5.50. The largest absolute Gasteiger partial charge is 0.316 e. The molecular formula is C25H25N3O3S2. The molecule has 0 N–H and O–H groups in total. The molecule has 1 aromatic heterocycles. The summed E-state index contributed by atoms with van der Waals surface area (Å²) in [6, 6.07) is 19.0. The van der Waals surface area contributed by atoms with Crippen molar-refractivity contribution in [2.45, 2.75) is 32.2 Å². The number of nitrogens with zero attached hydrogens (tertiary/aromatic N) is 3. The van der Waals surface area contributed by atoms with Gasteiger partial charge < -0.3 is 4.57 Å². The van der Waals surface area contributed by atoms with E-state index >= 15 is 0 Å². The maximum absolute atomic E-state index is 13.0. The van der Waals surface area contributed by atoms with Gasteiger partial charge in [0.1, 0.15) is 0 Å². The number of aryl methyl sites for hydroxylation is 3. The van der Waals surface area contributed by atoms with Crippen molar-refractivity contribution >= 4 is 43.2 Å². The lowest BCUT2D eigenvalue weighted by Gasteiger charge is -2.19. The normalized spacial score (nSPS) is 12.3. The van der Waals surface area contributed by atoms with Gasteiger partial charge in [0.2, 0.25) is 0 Å². The molecule has 8 heteroatoms. The van der Waals surface area contributed by atoms with Gasteiger partial charge >= 0.3 is 0 Å². The van der Waals surface area contributed by atoms with E-state index in [1.54, 1.807) is 24.3 Å². The number of carbonyl (C=O) groups is 1. The summed E-state index contributed by atoms with van der Waals surface area (Å²) in [7, 11) is -2.23. The first-order valence-electron chi connectivity index (χ1n) is 10.6. The Hall–Kier alpha value is -3.23. The number of aromatic nitrogens is 1. The van der Waals surface area contributed by atoms with Crippen molar-refractivity contribution in [2.24, 2.45) is 4.99 Å². The van der Waals surface area contributed by atoms with Crippen LogP contribution >= 0.6 is 11.3 Å². The summed E-state index contributed by atoms with van der Waals surface area (Å²) in [5.74, 6) is -0.404. The monoisotopic (exact) mass is 479 g/mol. The molecule has 3 aromatic carbocycles. The van der Waals surface area contributed by atoms with Crippen LogP contribution in [0.4, 0.5) is 5.69 Å². The Kier molecular flexibility index (Phi) is 6.23. The molecule has 0 bridgehead atoms. The van der Waals surface area contributed by atoms with Crippen molar-refractivity contribution in [1.82, 2.24) is 4.57 Å². The predicted molar refractivity (Wildman–Crippen MR) is 133 cm³/mol. The second-order valence-corrected chi connectivity index (χ2v) is 10.8. The molecule has 0 fully saturated rings. The van der Waals surface area contributed by atoms with E-state index in [1.807, 2.05) is 17.6 Å². The van der Waals surface area contributed by atoms with E-state index in [0.29, 0.717) is 22.6 Å². The van der Waals surface area contributed by atoms with Crippen molar-refractivity contribution in [2.75, 3.05) is 11.4 Å². The van der Waals surface area contributed by atoms with E-state index in [4.69, 9.17) is 0 Å². The summed E-state index contributed by atoms with van der Waals surface area (Å²) in [5.41, 5.74) is 4.30. The molecule has 0 aliphatic carbocycles. The molecule has 0 saturated heterocycles. The lowest BCUT2D eigenvalue weighted by Crippen LogP contribution is -2.26. The molecule has 0 spiro atoms. The summed E-state index contributed by atoms with van der Waals surface area (Å²) in [5, 5.41) is 0. The van der Waals surface area contributed by atoms with Crippen LogP contribution in [0.3, 0.4) is 0 Å². The molecule has 4 aromatic rings. The van der Waals surface area contributed by atoms with E-state index in [1.165, 1.54) is 52.5 Å². The summed E-state index contributed by atoms with van der Waals surface area (Å²) in [6.45, 7) is 6.83. The summed E-state index contributed by atoms with van der Waals surface area (Å²) < 4.78 is 30.3. The standard InChI is InChI=1S/C25H25N3O3S2/c1-5-28-23-18(3)15-17(2)16-22(23)32-25(28)26-24(29)19-11-13-21(14-12-19)33(30,31)27(4)20-9-7-6-8-10-20/h6-16H,5H2,1-4H3. The van der Waals surface area contributed by atoms with Gasteiger partial charge in [0, 0.05) is 19.2 Å². The van der Waals surface area contributed by atoms with Gasteiger partial charge in [0.25, 0.3) is 15.9 Å². The quantitative estimate of drug-likeness (QED) is 0.408. The minimum Gasteiger partial charge on any atom is -0.316 e. The van der Waals surface area contributed by atoms with Gasteiger partial charge in [0.15, 0.2) is 4.80 Å². The number of carbonyl (C=O) groups excluding carboxylic acids is 1. The van der Waals surface area contributed by atoms with E-state index < -0.39 is 15.9 Å². The fourth-order valence-electron chi connectivity index (χ4n) is 3.83. The van der Waals surface area contributed by atoms with Crippen LogP contribution in [0, 0.1) is 13.8 Å². The van der Waals surface area contributed by atoms with Crippen LogP contribution in [0.2, 0.25) is 0 Å². The average Bonchev–Trinajstić information content (AvgIpc) is 3.16. The van der Waals surface area contributed by atoms with E-state index in [-0.39, 0.29) is 4.90 Å². The highest BCUT2D eigenvalue weighted by molar-refractivity contribution is 7.92. The third kappa shape index (κ3) is 4.36. The summed E-state index contributed by atoms with van der Waals surface area (Å²) >= 11 is 1.48. The van der Waals surface area contributed by atoms with E-state index in [9.17, 15) is 13.2 Å². The van der Waals surface area contributed by atoms with Gasteiger partial charge in [0.05, 0.1) is 20.8 Å². The second-order valence-electron chi connectivity index (χ2n) is 7.81. The highest BCUT2D eigenvalue weighted by Gasteiger charge is 2.21. The zero-order chi connectivity index (χ0) is 23.8. The Morgan fingerprint density at radius 1 is 1.03 bits per heavy atom. The Balaban J connectivity index is 1.67. The number of rotatable bonds is 5. The van der Waals surface area contributed by atoms with Gasteiger partial charge in [-0.1, -0.05) is 35.6 Å². The smallest absolute Gasteiger partial charge is 0.279 e. The number of sulfonamides is 1. The second kappa shape index (κ2) is 8.96. The van der Waals surface area contributed by atoms with Crippen LogP contribution in [-0.4, -0.2) is 25.9 Å². The molecule has 0 saturated carbocycles. The molecule has 170 valence electrons. The predicted octanol–water partition coefficient (Wildman–Crippen LogP) is 4.91. The van der Waals surface area contributed by atoms with Crippen LogP contribution in [-0.2, 0) is 16.6 Å². The van der Waals surface area contributed by atoms with Gasteiger partial charge in [-0.3, -0.25) is 9.10 Å². The highest BCUT2D eigenvalue weighted by atomic mass is 32.2. The number of benzene rings is 3.